The SMILES string of the molecule is NC1CCC(CN2CCN(c3nccs3)CC2)CC1. The van der Waals surface area contributed by atoms with E-state index in [0.29, 0.717) is 6.04 Å². The molecule has 1 aliphatic heterocycles. The highest BCUT2D eigenvalue weighted by atomic mass is 32.1. The van der Waals surface area contributed by atoms with E-state index in [-0.39, 0.29) is 0 Å². The first-order chi connectivity index (χ1) is 9.31. The zero-order chi connectivity index (χ0) is 13.1. The largest absolute Gasteiger partial charge is 0.346 e. The van der Waals surface area contributed by atoms with Gasteiger partial charge < -0.3 is 10.6 Å². The molecule has 2 fully saturated rings. The predicted molar refractivity (Wildman–Crippen MR) is 80.7 cm³/mol. The molecule has 0 spiro atoms. The van der Waals surface area contributed by atoms with Crippen molar-refractivity contribution in [3.63, 3.8) is 0 Å². The van der Waals surface area contributed by atoms with Crippen molar-refractivity contribution >= 4 is 16.5 Å². The Kier molecular flexibility index (Phi) is 4.35. The Labute approximate surface area is 119 Å². The van der Waals surface area contributed by atoms with Crippen molar-refractivity contribution in [3.8, 4) is 0 Å². The average Bonchev–Trinajstić information content (AvgIpc) is 2.96. The van der Waals surface area contributed by atoms with Crippen LogP contribution in [0, 0.1) is 5.92 Å². The summed E-state index contributed by atoms with van der Waals surface area (Å²) in [5, 5.41) is 3.25. The molecule has 1 aromatic heterocycles. The van der Waals surface area contributed by atoms with E-state index < -0.39 is 0 Å². The van der Waals surface area contributed by atoms with Gasteiger partial charge in [-0.3, -0.25) is 4.90 Å². The van der Waals surface area contributed by atoms with Gasteiger partial charge in [-0.1, -0.05) is 0 Å². The number of nitrogens with two attached hydrogens (primary N) is 1. The van der Waals surface area contributed by atoms with E-state index in [2.05, 4.69) is 20.2 Å². The minimum Gasteiger partial charge on any atom is -0.346 e. The number of thiazole rings is 1. The van der Waals surface area contributed by atoms with Crippen LogP contribution in [0.15, 0.2) is 11.6 Å². The molecule has 0 bridgehead atoms. The minimum atomic E-state index is 0.470. The van der Waals surface area contributed by atoms with Crippen LogP contribution in [0.1, 0.15) is 25.7 Å². The topological polar surface area (TPSA) is 45.4 Å². The lowest BCUT2D eigenvalue weighted by Crippen LogP contribution is -2.48. The maximum Gasteiger partial charge on any atom is 0.185 e. The van der Waals surface area contributed by atoms with E-state index in [4.69, 9.17) is 5.73 Å². The first-order valence-electron chi connectivity index (χ1n) is 7.43. The zero-order valence-electron chi connectivity index (χ0n) is 11.5. The molecule has 0 unspecified atom stereocenters. The van der Waals surface area contributed by atoms with Crippen molar-refractivity contribution in [2.24, 2.45) is 11.7 Å². The third kappa shape index (κ3) is 3.46. The van der Waals surface area contributed by atoms with Crippen LogP contribution >= 0.6 is 11.3 Å². The summed E-state index contributed by atoms with van der Waals surface area (Å²) in [4.78, 5) is 9.45. The molecule has 0 amide bonds. The molecule has 0 radical (unpaired) electrons. The summed E-state index contributed by atoms with van der Waals surface area (Å²) in [5.41, 5.74) is 5.98. The third-order valence-electron chi connectivity index (χ3n) is 4.47. The molecule has 2 heterocycles. The fourth-order valence-corrected chi connectivity index (χ4v) is 3.93. The lowest BCUT2D eigenvalue weighted by Gasteiger charge is -2.37. The fraction of sp³-hybridized carbons (Fsp3) is 0.786. The Balaban J connectivity index is 1.43. The molecule has 1 saturated carbocycles. The highest BCUT2D eigenvalue weighted by molar-refractivity contribution is 7.13. The molecular formula is C14H24N4S. The normalized spacial score (nSPS) is 29.6. The van der Waals surface area contributed by atoms with Crippen LogP contribution in [0.2, 0.25) is 0 Å². The summed E-state index contributed by atoms with van der Waals surface area (Å²) in [7, 11) is 0. The van der Waals surface area contributed by atoms with Gasteiger partial charge in [-0.05, 0) is 31.6 Å². The van der Waals surface area contributed by atoms with Crippen molar-refractivity contribution in [3.05, 3.63) is 11.6 Å². The number of rotatable bonds is 3. The van der Waals surface area contributed by atoms with Crippen molar-refractivity contribution < 1.29 is 0 Å². The molecule has 1 aromatic rings. The first-order valence-corrected chi connectivity index (χ1v) is 8.31. The second-order valence-electron chi connectivity index (χ2n) is 5.88. The number of hydrogen-bond donors (Lipinski definition) is 1. The molecule has 3 rings (SSSR count). The molecule has 0 aromatic carbocycles. The van der Waals surface area contributed by atoms with Crippen LogP contribution in [-0.4, -0.2) is 48.6 Å². The molecule has 0 atom stereocenters. The van der Waals surface area contributed by atoms with Crippen LogP contribution in [-0.2, 0) is 0 Å². The molecule has 2 aliphatic rings. The number of anilines is 1. The number of nitrogens with zero attached hydrogens (tertiary/aromatic N) is 3. The summed E-state index contributed by atoms with van der Waals surface area (Å²) in [6, 6.07) is 0.470. The Morgan fingerprint density at radius 3 is 2.53 bits per heavy atom. The standard InChI is InChI=1S/C14H24N4S/c15-13-3-1-12(2-4-13)11-17-6-8-18(9-7-17)14-16-5-10-19-14/h5,10,12-13H,1-4,6-9,11,15H2. The molecule has 106 valence electrons. The summed E-state index contributed by atoms with van der Waals surface area (Å²) >= 11 is 1.75. The summed E-state index contributed by atoms with van der Waals surface area (Å²) < 4.78 is 0. The molecule has 1 saturated heterocycles. The van der Waals surface area contributed by atoms with Crippen LogP contribution in [0.25, 0.3) is 0 Å². The van der Waals surface area contributed by atoms with E-state index in [1.807, 2.05) is 6.20 Å². The maximum absolute atomic E-state index is 5.98. The van der Waals surface area contributed by atoms with Gasteiger partial charge in [0, 0.05) is 50.3 Å². The van der Waals surface area contributed by atoms with Gasteiger partial charge in [0.2, 0.25) is 0 Å². The Bertz CT molecular complexity index is 365. The zero-order valence-corrected chi connectivity index (χ0v) is 12.3. The van der Waals surface area contributed by atoms with Gasteiger partial charge >= 0.3 is 0 Å². The van der Waals surface area contributed by atoms with Crippen LogP contribution in [0.3, 0.4) is 0 Å². The van der Waals surface area contributed by atoms with Gasteiger partial charge in [-0.25, -0.2) is 4.98 Å². The fourth-order valence-electron chi connectivity index (χ4n) is 3.23. The smallest absolute Gasteiger partial charge is 0.185 e. The van der Waals surface area contributed by atoms with Gasteiger partial charge in [-0.2, -0.15) is 0 Å². The number of hydrogen-bond acceptors (Lipinski definition) is 5. The first kappa shape index (κ1) is 13.3. The lowest BCUT2D eigenvalue weighted by molar-refractivity contribution is 0.186. The van der Waals surface area contributed by atoms with Gasteiger partial charge in [-0.15, -0.1) is 11.3 Å². The molecule has 1 aliphatic carbocycles. The van der Waals surface area contributed by atoms with Gasteiger partial charge in [0.05, 0.1) is 0 Å². The average molecular weight is 280 g/mol. The highest BCUT2D eigenvalue weighted by Crippen LogP contribution is 2.25. The number of aromatic nitrogens is 1. The Hall–Kier alpha value is -0.650. The molecule has 2 N–H and O–H groups in total. The van der Waals surface area contributed by atoms with Crippen molar-refractivity contribution in [2.75, 3.05) is 37.6 Å². The monoisotopic (exact) mass is 280 g/mol. The Morgan fingerprint density at radius 2 is 1.89 bits per heavy atom. The van der Waals surface area contributed by atoms with E-state index in [1.165, 1.54) is 50.4 Å². The van der Waals surface area contributed by atoms with Gasteiger partial charge in [0.25, 0.3) is 0 Å². The lowest BCUT2D eigenvalue weighted by atomic mass is 9.86. The van der Waals surface area contributed by atoms with Gasteiger partial charge in [0.15, 0.2) is 5.13 Å². The van der Waals surface area contributed by atoms with E-state index in [1.54, 1.807) is 11.3 Å². The van der Waals surface area contributed by atoms with Crippen LogP contribution < -0.4 is 10.6 Å². The van der Waals surface area contributed by atoms with Gasteiger partial charge in [0.1, 0.15) is 0 Å². The minimum absolute atomic E-state index is 0.470. The number of piperazine rings is 1. The second kappa shape index (κ2) is 6.20. The molecular weight excluding hydrogens is 256 g/mol. The predicted octanol–water partition coefficient (Wildman–Crippen LogP) is 1.78. The van der Waals surface area contributed by atoms with Crippen LogP contribution in [0.4, 0.5) is 5.13 Å². The molecule has 5 heteroatoms. The van der Waals surface area contributed by atoms with Crippen molar-refractivity contribution in [1.29, 1.82) is 0 Å². The van der Waals surface area contributed by atoms with E-state index in [9.17, 15) is 0 Å². The Morgan fingerprint density at radius 1 is 1.16 bits per heavy atom. The maximum atomic E-state index is 5.98. The van der Waals surface area contributed by atoms with E-state index >= 15 is 0 Å². The second-order valence-corrected chi connectivity index (χ2v) is 6.76. The van der Waals surface area contributed by atoms with Crippen molar-refractivity contribution in [2.45, 2.75) is 31.7 Å². The van der Waals surface area contributed by atoms with Crippen LogP contribution in [0.5, 0.6) is 0 Å². The third-order valence-corrected chi connectivity index (χ3v) is 5.30. The molecule has 4 nitrogen and oxygen atoms in total. The highest BCUT2D eigenvalue weighted by Gasteiger charge is 2.24. The quantitative estimate of drug-likeness (QED) is 0.917. The molecule has 19 heavy (non-hydrogen) atoms. The summed E-state index contributed by atoms with van der Waals surface area (Å²) in [6.07, 6.45) is 7.01. The van der Waals surface area contributed by atoms with Crippen molar-refractivity contribution in [1.82, 2.24) is 9.88 Å². The van der Waals surface area contributed by atoms with E-state index in [0.717, 1.165) is 19.0 Å². The summed E-state index contributed by atoms with van der Waals surface area (Å²) in [6.45, 7) is 5.89. The summed E-state index contributed by atoms with van der Waals surface area (Å²) in [5.74, 6) is 0.881.